The molecule has 0 bridgehead atoms. The summed E-state index contributed by atoms with van der Waals surface area (Å²) in [6.45, 7) is 0.655. The molecule has 1 saturated heterocycles. The lowest BCUT2D eigenvalue weighted by Crippen LogP contribution is -2.42. The average molecular weight is 149 g/mol. The number of hydrogen-bond donors (Lipinski definition) is 2. The van der Waals surface area contributed by atoms with Gasteiger partial charge in [0.2, 0.25) is 5.91 Å². The Bertz CT molecular complexity index is 108. The third-order valence-corrected chi connectivity index (χ3v) is 1.73. The van der Waals surface area contributed by atoms with Crippen LogP contribution in [0.1, 0.15) is 12.8 Å². The lowest BCUT2D eigenvalue weighted by molar-refractivity contribution is -0.122. The summed E-state index contributed by atoms with van der Waals surface area (Å²) in [4.78, 5) is 13.1. The molecule has 1 unspecified atom stereocenters. The Kier molecular flexibility index (Phi) is 2.30. The summed E-state index contributed by atoms with van der Waals surface area (Å²) in [7, 11) is 0. The number of piperidine rings is 1. The molecule has 1 heterocycles. The van der Waals surface area contributed by atoms with Gasteiger partial charge in [-0.2, -0.15) is 0 Å². The van der Waals surface area contributed by atoms with Crippen molar-refractivity contribution in [2.24, 2.45) is 0 Å². The average Bonchev–Trinajstić information content (AvgIpc) is 1.90. The molecular formula is C5H9ClN2O. The topological polar surface area (TPSA) is 41.1 Å². The molecule has 4 heteroatoms. The van der Waals surface area contributed by atoms with E-state index in [9.17, 15) is 4.79 Å². The molecule has 52 valence electrons. The molecule has 0 aromatic heterocycles. The van der Waals surface area contributed by atoms with Crippen LogP contribution in [0.5, 0.6) is 0 Å². The number of hydrogen-bond acceptors (Lipinski definition) is 2. The first-order valence-corrected chi connectivity index (χ1v) is 3.33. The fourth-order valence-electron chi connectivity index (χ4n) is 0.826. The van der Waals surface area contributed by atoms with Gasteiger partial charge in [0.15, 0.2) is 0 Å². The lowest BCUT2D eigenvalue weighted by Gasteiger charge is -2.19. The van der Waals surface area contributed by atoms with Crippen molar-refractivity contribution in [1.82, 2.24) is 10.2 Å². The van der Waals surface area contributed by atoms with Crippen molar-refractivity contribution in [2.45, 2.75) is 18.9 Å². The second-order valence-corrected chi connectivity index (χ2v) is 2.37. The molecule has 1 atom stereocenters. The zero-order valence-corrected chi connectivity index (χ0v) is 5.74. The molecule has 1 amide bonds. The van der Waals surface area contributed by atoms with Crippen molar-refractivity contribution < 1.29 is 4.79 Å². The zero-order valence-electron chi connectivity index (χ0n) is 4.98. The molecule has 0 aliphatic carbocycles. The molecular weight excluding hydrogens is 140 g/mol. The third-order valence-electron chi connectivity index (χ3n) is 1.42. The largest absolute Gasteiger partial charge is 0.354 e. The predicted octanol–water partition coefficient (Wildman–Crippen LogP) is 0.00840. The van der Waals surface area contributed by atoms with E-state index < -0.39 is 0 Å². The number of nitrogens with one attached hydrogen (secondary N) is 2. The van der Waals surface area contributed by atoms with Gasteiger partial charge < -0.3 is 5.32 Å². The number of carbonyl (C=O) groups excluding carboxylic acids is 1. The van der Waals surface area contributed by atoms with Crippen molar-refractivity contribution in [2.75, 3.05) is 6.54 Å². The highest BCUT2D eigenvalue weighted by molar-refractivity contribution is 6.13. The van der Waals surface area contributed by atoms with Crippen LogP contribution in [0.4, 0.5) is 0 Å². The van der Waals surface area contributed by atoms with Crippen LogP contribution in [-0.2, 0) is 4.79 Å². The van der Waals surface area contributed by atoms with Crippen molar-refractivity contribution in [3.63, 3.8) is 0 Å². The second kappa shape index (κ2) is 3.03. The van der Waals surface area contributed by atoms with E-state index in [1.165, 1.54) is 0 Å². The first kappa shape index (κ1) is 6.83. The summed E-state index contributed by atoms with van der Waals surface area (Å²) in [6.07, 6.45) is 1.43. The van der Waals surface area contributed by atoms with Gasteiger partial charge in [-0.25, -0.2) is 4.84 Å². The van der Waals surface area contributed by atoms with Crippen LogP contribution in [0.2, 0.25) is 0 Å². The fourth-order valence-corrected chi connectivity index (χ4v) is 1.01. The van der Waals surface area contributed by atoms with Crippen molar-refractivity contribution in [3.05, 3.63) is 0 Å². The van der Waals surface area contributed by atoms with Crippen LogP contribution < -0.4 is 10.2 Å². The molecule has 0 saturated carbocycles. The van der Waals surface area contributed by atoms with E-state index in [-0.39, 0.29) is 11.9 Å². The van der Waals surface area contributed by atoms with E-state index in [0.717, 1.165) is 6.42 Å². The smallest absolute Gasteiger partial charge is 0.220 e. The standard InChI is InChI=1S/C5H9ClN2O/c6-8-4-1-2-5(9)7-3-4/h4,8H,1-3H2,(H,7,9). The van der Waals surface area contributed by atoms with Gasteiger partial charge in [-0.3, -0.25) is 4.79 Å². The summed E-state index contributed by atoms with van der Waals surface area (Å²) < 4.78 is 0. The van der Waals surface area contributed by atoms with E-state index in [4.69, 9.17) is 11.8 Å². The maximum absolute atomic E-state index is 10.5. The van der Waals surface area contributed by atoms with Gasteiger partial charge in [-0.1, -0.05) is 0 Å². The van der Waals surface area contributed by atoms with Crippen LogP contribution >= 0.6 is 11.8 Å². The molecule has 1 fully saturated rings. The van der Waals surface area contributed by atoms with Gasteiger partial charge in [0.1, 0.15) is 0 Å². The van der Waals surface area contributed by atoms with E-state index in [2.05, 4.69) is 10.2 Å². The van der Waals surface area contributed by atoms with Crippen LogP contribution in [0.25, 0.3) is 0 Å². The molecule has 9 heavy (non-hydrogen) atoms. The number of carbonyl (C=O) groups is 1. The Hall–Kier alpha value is -0.280. The van der Waals surface area contributed by atoms with E-state index in [1.807, 2.05) is 0 Å². The van der Waals surface area contributed by atoms with Gasteiger partial charge >= 0.3 is 0 Å². The SMILES string of the molecule is O=C1CCC(NCl)CN1. The Balaban J connectivity index is 2.26. The van der Waals surface area contributed by atoms with Crippen LogP contribution in [0.3, 0.4) is 0 Å². The van der Waals surface area contributed by atoms with Gasteiger partial charge in [0.25, 0.3) is 0 Å². The molecule has 3 nitrogen and oxygen atoms in total. The normalized spacial score (nSPS) is 27.7. The molecule has 2 N–H and O–H groups in total. The lowest BCUT2D eigenvalue weighted by atomic mass is 10.1. The number of halogens is 1. The van der Waals surface area contributed by atoms with Crippen molar-refractivity contribution in [3.8, 4) is 0 Å². The molecule has 0 aromatic rings. The van der Waals surface area contributed by atoms with Crippen LogP contribution in [0, 0.1) is 0 Å². The van der Waals surface area contributed by atoms with Crippen molar-refractivity contribution in [1.29, 1.82) is 0 Å². The minimum absolute atomic E-state index is 0.123. The van der Waals surface area contributed by atoms with Crippen molar-refractivity contribution >= 4 is 17.7 Å². The highest BCUT2D eigenvalue weighted by Crippen LogP contribution is 2.02. The highest BCUT2D eigenvalue weighted by atomic mass is 35.5. The summed E-state index contributed by atoms with van der Waals surface area (Å²) in [5, 5.41) is 2.70. The van der Waals surface area contributed by atoms with Crippen LogP contribution in [-0.4, -0.2) is 18.5 Å². The number of amides is 1. The van der Waals surface area contributed by atoms with Gasteiger partial charge in [0.05, 0.1) is 0 Å². The van der Waals surface area contributed by atoms with Crippen LogP contribution in [0.15, 0.2) is 0 Å². The first-order chi connectivity index (χ1) is 4.33. The summed E-state index contributed by atoms with van der Waals surface area (Å²) in [5.41, 5.74) is 0. The molecule has 1 aliphatic rings. The molecule has 1 aliphatic heterocycles. The molecule has 1 rings (SSSR count). The van der Waals surface area contributed by atoms with E-state index >= 15 is 0 Å². The number of rotatable bonds is 1. The summed E-state index contributed by atoms with van der Waals surface area (Å²) in [5.74, 6) is 0.123. The van der Waals surface area contributed by atoms with Gasteiger partial charge in [-0.15, -0.1) is 0 Å². The minimum Gasteiger partial charge on any atom is -0.354 e. The Morgan fingerprint density at radius 1 is 1.78 bits per heavy atom. The quantitative estimate of drug-likeness (QED) is 0.515. The minimum atomic E-state index is 0.123. The Morgan fingerprint density at radius 3 is 3.00 bits per heavy atom. The molecule has 0 radical (unpaired) electrons. The Morgan fingerprint density at radius 2 is 2.56 bits per heavy atom. The third kappa shape index (κ3) is 1.84. The fraction of sp³-hybridized carbons (Fsp3) is 0.800. The van der Waals surface area contributed by atoms with Gasteiger partial charge in [-0.05, 0) is 18.2 Å². The first-order valence-electron chi connectivity index (χ1n) is 2.96. The summed E-state index contributed by atoms with van der Waals surface area (Å²) in [6, 6.07) is 0.254. The maximum atomic E-state index is 10.5. The van der Waals surface area contributed by atoms with E-state index in [1.54, 1.807) is 0 Å². The van der Waals surface area contributed by atoms with E-state index in [0.29, 0.717) is 13.0 Å². The molecule has 0 spiro atoms. The highest BCUT2D eigenvalue weighted by Gasteiger charge is 2.15. The van der Waals surface area contributed by atoms with Gasteiger partial charge in [0, 0.05) is 19.0 Å². The maximum Gasteiger partial charge on any atom is 0.220 e. The monoisotopic (exact) mass is 148 g/mol. The Labute approximate surface area is 58.9 Å². The zero-order chi connectivity index (χ0) is 6.69. The predicted molar refractivity (Wildman–Crippen MR) is 35.0 cm³/mol. The second-order valence-electron chi connectivity index (χ2n) is 2.15. The molecule has 0 aromatic carbocycles. The summed E-state index contributed by atoms with van der Waals surface area (Å²) >= 11 is 5.33.